The summed E-state index contributed by atoms with van der Waals surface area (Å²) in [5, 5.41) is 13.6. The van der Waals surface area contributed by atoms with Crippen LogP contribution in [0.3, 0.4) is 0 Å². The standard InChI is InChI=1S/C29H26F4N8O2S/c1-16(2)19-7-6-18(39(3)4)14-23(19)41-26(42)15-44-28(41)35-27(43)34-22-8-5-17(13-20(22)30)21-11-12-40(38-21)25-10-9-24(36-37-25)29(31,32)33/h5-14,16H,15H2,1-4H3,(H,34,43)/b35-28-. The summed E-state index contributed by atoms with van der Waals surface area (Å²) < 4.78 is 54.6. The van der Waals surface area contributed by atoms with Crippen LogP contribution in [-0.2, 0) is 11.0 Å². The molecule has 2 aromatic carbocycles. The van der Waals surface area contributed by atoms with Crippen molar-refractivity contribution in [1.29, 1.82) is 0 Å². The van der Waals surface area contributed by atoms with Crippen molar-refractivity contribution in [2.75, 3.05) is 35.0 Å². The Balaban J connectivity index is 1.34. The van der Waals surface area contributed by atoms with Crippen molar-refractivity contribution in [3.05, 3.63) is 77.9 Å². The van der Waals surface area contributed by atoms with E-state index >= 15 is 4.39 Å². The number of benzene rings is 2. The van der Waals surface area contributed by atoms with E-state index in [0.717, 1.165) is 41.2 Å². The first kappa shape index (κ1) is 30.7. The molecule has 228 valence electrons. The minimum Gasteiger partial charge on any atom is -0.378 e. The molecule has 2 aromatic heterocycles. The maximum atomic E-state index is 15.1. The van der Waals surface area contributed by atoms with Gasteiger partial charge < -0.3 is 10.2 Å². The molecule has 1 fully saturated rings. The molecule has 0 bridgehead atoms. The van der Waals surface area contributed by atoms with Gasteiger partial charge in [0.1, 0.15) is 5.82 Å². The number of urea groups is 1. The fourth-order valence-corrected chi connectivity index (χ4v) is 5.24. The zero-order valence-corrected chi connectivity index (χ0v) is 24.7. The second kappa shape index (κ2) is 12.1. The van der Waals surface area contributed by atoms with E-state index in [1.165, 1.54) is 34.0 Å². The van der Waals surface area contributed by atoms with Gasteiger partial charge in [0.15, 0.2) is 16.7 Å². The van der Waals surface area contributed by atoms with Gasteiger partial charge in [-0.15, -0.1) is 10.2 Å². The third-order valence-electron chi connectivity index (χ3n) is 6.63. The van der Waals surface area contributed by atoms with E-state index in [0.29, 0.717) is 16.9 Å². The minimum absolute atomic E-state index is 0.0407. The smallest absolute Gasteiger partial charge is 0.378 e. The number of amides is 3. The van der Waals surface area contributed by atoms with Gasteiger partial charge in [-0.2, -0.15) is 23.3 Å². The summed E-state index contributed by atoms with van der Waals surface area (Å²) in [6, 6.07) is 12.3. The first-order valence-corrected chi connectivity index (χ1v) is 14.2. The lowest BCUT2D eigenvalue weighted by Crippen LogP contribution is -2.31. The molecule has 15 heteroatoms. The van der Waals surface area contributed by atoms with Crippen LogP contribution >= 0.6 is 11.8 Å². The molecule has 0 aliphatic carbocycles. The van der Waals surface area contributed by atoms with E-state index in [9.17, 15) is 22.8 Å². The summed E-state index contributed by atoms with van der Waals surface area (Å²) in [4.78, 5) is 33.2. The third-order valence-corrected chi connectivity index (χ3v) is 7.55. The number of hydrogen-bond donors (Lipinski definition) is 1. The molecule has 1 saturated heterocycles. The molecule has 10 nitrogen and oxygen atoms in total. The van der Waals surface area contributed by atoms with E-state index in [1.54, 1.807) is 0 Å². The number of amidine groups is 1. The average Bonchev–Trinajstić information content (AvgIpc) is 3.60. The first-order chi connectivity index (χ1) is 20.8. The highest BCUT2D eigenvalue weighted by molar-refractivity contribution is 8.15. The second-order valence-electron chi connectivity index (χ2n) is 10.2. The van der Waals surface area contributed by atoms with Crippen LogP contribution < -0.4 is 15.1 Å². The highest BCUT2D eigenvalue weighted by Gasteiger charge is 2.34. The molecule has 0 radical (unpaired) electrons. The number of nitrogens with one attached hydrogen (secondary N) is 1. The van der Waals surface area contributed by atoms with Gasteiger partial charge in [0.25, 0.3) is 0 Å². The fraction of sp³-hybridized carbons (Fsp3) is 0.241. The quantitative estimate of drug-likeness (QED) is 0.249. The lowest BCUT2D eigenvalue weighted by molar-refractivity contribution is -0.141. The Bertz CT molecular complexity index is 1750. The van der Waals surface area contributed by atoms with Crippen LogP contribution in [-0.4, -0.2) is 56.9 Å². The van der Waals surface area contributed by atoms with Crippen molar-refractivity contribution in [3.8, 4) is 17.1 Å². The summed E-state index contributed by atoms with van der Waals surface area (Å²) in [6.07, 6.45) is -3.18. The van der Waals surface area contributed by atoms with Crippen LogP contribution in [0, 0.1) is 5.82 Å². The lowest BCUT2D eigenvalue weighted by Gasteiger charge is -2.24. The third kappa shape index (κ3) is 6.41. The van der Waals surface area contributed by atoms with Gasteiger partial charge >= 0.3 is 12.2 Å². The Morgan fingerprint density at radius 1 is 1.07 bits per heavy atom. The topological polar surface area (TPSA) is 109 Å². The lowest BCUT2D eigenvalue weighted by atomic mass is 9.99. The summed E-state index contributed by atoms with van der Waals surface area (Å²) >= 11 is 1.12. The second-order valence-corrected chi connectivity index (χ2v) is 11.2. The fourth-order valence-electron chi connectivity index (χ4n) is 4.38. The van der Waals surface area contributed by atoms with E-state index in [2.05, 4.69) is 25.6 Å². The van der Waals surface area contributed by atoms with Crippen molar-refractivity contribution in [3.63, 3.8) is 0 Å². The molecular formula is C29H26F4N8O2S. The number of carbonyl (C=O) groups excluding carboxylic acids is 2. The highest BCUT2D eigenvalue weighted by Crippen LogP contribution is 2.36. The summed E-state index contributed by atoms with van der Waals surface area (Å²) in [7, 11) is 3.77. The molecule has 44 heavy (non-hydrogen) atoms. The van der Waals surface area contributed by atoms with Crippen LogP contribution in [0.15, 0.2) is 65.8 Å². The van der Waals surface area contributed by atoms with Gasteiger partial charge in [-0.25, -0.2) is 13.9 Å². The van der Waals surface area contributed by atoms with Gasteiger partial charge in [-0.05, 0) is 53.9 Å². The van der Waals surface area contributed by atoms with Crippen LogP contribution in [0.2, 0.25) is 0 Å². The SMILES string of the molecule is CC(C)c1ccc(N(C)C)cc1N1C(=O)CS/C1=N\C(=O)Nc1ccc(-c2ccn(-c3ccc(C(F)(F)F)nn3)n2)cc1F. The normalized spacial score (nSPS) is 14.5. The van der Waals surface area contributed by atoms with Gasteiger partial charge in [-0.1, -0.05) is 37.7 Å². The van der Waals surface area contributed by atoms with Gasteiger partial charge in [0.05, 0.1) is 22.8 Å². The molecule has 1 aliphatic heterocycles. The van der Waals surface area contributed by atoms with E-state index in [-0.39, 0.29) is 34.3 Å². The number of aromatic nitrogens is 4. The van der Waals surface area contributed by atoms with Crippen molar-refractivity contribution in [2.24, 2.45) is 4.99 Å². The minimum atomic E-state index is -4.62. The van der Waals surface area contributed by atoms with Crippen LogP contribution in [0.25, 0.3) is 17.1 Å². The number of alkyl halides is 3. The van der Waals surface area contributed by atoms with Gasteiger partial charge in [0.2, 0.25) is 5.91 Å². The number of nitrogens with zero attached hydrogens (tertiary/aromatic N) is 7. The Labute approximate surface area is 253 Å². The van der Waals surface area contributed by atoms with Crippen LogP contribution in [0.4, 0.5) is 39.4 Å². The Hall–Kier alpha value is -4.79. The summed E-state index contributed by atoms with van der Waals surface area (Å²) in [5.41, 5.74) is 1.78. The molecule has 4 aromatic rings. The van der Waals surface area contributed by atoms with Crippen molar-refractivity contribution in [1.82, 2.24) is 20.0 Å². The van der Waals surface area contributed by atoms with Crippen molar-refractivity contribution in [2.45, 2.75) is 25.9 Å². The summed E-state index contributed by atoms with van der Waals surface area (Å²) in [5.74, 6) is -0.760. The summed E-state index contributed by atoms with van der Waals surface area (Å²) in [6.45, 7) is 4.01. The number of carbonyl (C=O) groups is 2. The molecule has 1 aliphatic rings. The van der Waals surface area contributed by atoms with Gasteiger partial charge in [-0.3, -0.25) is 9.69 Å². The molecule has 0 saturated carbocycles. The van der Waals surface area contributed by atoms with E-state index in [1.807, 2.05) is 51.0 Å². The average molecular weight is 627 g/mol. The maximum absolute atomic E-state index is 15.1. The Kier molecular flexibility index (Phi) is 8.41. The zero-order chi connectivity index (χ0) is 31.8. The number of halogens is 4. The maximum Gasteiger partial charge on any atom is 0.435 e. The molecule has 3 heterocycles. The van der Waals surface area contributed by atoms with Gasteiger partial charge in [0, 0.05) is 31.5 Å². The molecule has 0 unspecified atom stereocenters. The van der Waals surface area contributed by atoms with Crippen molar-refractivity contribution < 1.29 is 27.2 Å². The zero-order valence-electron chi connectivity index (χ0n) is 23.9. The number of anilines is 3. The first-order valence-electron chi connectivity index (χ1n) is 13.3. The molecule has 0 spiro atoms. The number of aliphatic imine (C=N–C) groups is 1. The highest BCUT2D eigenvalue weighted by atomic mass is 32.2. The van der Waals surface area contributed by atoms with Crippen LogP contribution in [0.1, 0.15) is 31.0 Å². The molecule has 0 atom stereocenters. The van der Waals surface area contributed by atoms with Crippen molar-refractivity contribution >= 4 is 45.9 Å². The monoisotopic (exact) mass is 626 g/mol. The Morgan fingerprint density at radius 2 is 1.84 bits per heavy atom. The van der Waals surface area contributed by atoms with E-state index < -0.39 is 23.7 Å². The molecule has 3 amide bonds. The number of rotatable bonds is 6. The predicted octanol–water partition coefficient (Wildman–Crippen LogP) is 6.34. The van der Waals surface area contributed by atoms with E-state index in [4.69, 9.17) is 0 Å². The molecule has 1 N–H and O–H groups in total. The molecule has 5 rings (SSSR count). The largest absolute Gasteiger partial charge is 0.435 e. The Morgan fingerprint density at radius 3 is 2.48 bits per heavy atom. The number of thioether (sulfide) groups is 1. The molecular weight excluding hydrogens is 600 g/mol. The number of hydrogen-bond acceptors (Lipinski definition) is 7. The predicted molar refractivity (Wildman–Crippen MR) is 161 cm³/mol. The van der Waals surface area contributed by atoms with Crippen LogP contribution in [0.5, 0.6) is 0 Å².